The fraction of sp³-hybridized carbons (Fsp3) is 0.350. The number of nitrogens with one attached hydrogen (secondary N) is 1. The molecule has 1 aliphatic carbocycles. The van der Waals surface area contributed by atoms with Crippen LogP contribution >= 0.6 is 0 Å². The number of aromatic nitrogens is 1. The van der Waals surface area contributed by atoms with Crippen LogP contribution in [-0.2, 0) is 0 Å². The number of pyridine rings is 1. The minimum absolute atomic E-state index is 0.0541. The Morgan fingerprint density at radius 3 is 3.00 bits per heavy atom. The maximum atomic E-state index is 12.3. The van der Waals surface area contributed by atoms with E-state index in [1.165, 1.54) is 18.5 Å². The lowest BCUT2D eigenvalue weighted by molar-refractivity contribution is 0.0944. The summed E-state index contributed by atoms with van der Waals surface area (Å²) in [4.78, 5) is 20.9. The van der Waals surface area contributed by atoms with Gasteiger partial charge in [0.15, 0.2) is 0 Å². The number of hydrogen-bond acceptors (Lipinski definition) is 3. The third-order valence-corrected chi connectivity index (χ3v) is 4.30. The van der Waals surface area contributed by atoms with Crippen LogP contribution in [0.4, 0.5) is 0 Å². The van der Waals surface area contributed by atoms with Gasteiger partial charge in [-0.25, -0.2) is 0 Å². The van der Waals surface area contributed by atoms with Crippen molar-refractivity contribution in [3.63, 3.8) is 0 Å². The Balaban J connectivity index is 1.66. The standard InChI is InChI=1S/C20H23N3O/c1-15(23-20(24)18-7-5-12-21-14-18)16-6-3-2-4-8-19(17-9-10-17)22-13-11-16/h2-3,5-8,12-15,17H,4,9-11H2,1H3,(H,23,24)/b3-2-,16-6+,19-8-,22-13-/t15-/m0/s1. The lowest BCUT2D eigenvalue weighted by Gasteiger charge is -2.17. The van der Waals surface area contributed by atoms with E-state index in [-0.39, 0.29) is 11.9 Å². The van der Waals surface area contributed by atoms with Gasteiger partial charge >= 0.3 is 0 Å². The van der Waals surface area contributed by atoms with E-state index in [0.29, 0.717) is 11.5 Å². The second-order valence-electron chi connectivity index (χ2n) is 6.26. The molecule has 0 saturated heterocycles. The van der Waals surface area contributed by atoms with Crippen LogP contribution in [0.2, 0.25) is 0 Å². The number of carbonyl (C=O) groups is 1. The van der Waals surface area contributed by atoms with E-state index < -0.39 is 0 Å². The number of carbonyl (C=O) groups excluding carboxylic acids is 1. The molecule has 4 heteroatoms. The monoisotopic (exact) mass is 321 g/mol. The first-order chi connectivity index (χ1) is 11.7. The smallest absolute Gasteiger partial charge is 0.253 e. The van der Waals surface area contributed by atoms with Crippen molar-refractivity contribution in [1.82, 2.24) is 10.3 Å². The van der Waals surface area contributed by atoms with Crippen molar-refractivity contribution in [3.05, 3.63) is 65.7 Å². The van der Waals surface area contributed by atoms with E-state index in [1.54, 1.807) is 24.5 Å². The Labute approximate surface area is 143 Å². The van der Waals surface area contributed by atoms with Gasteiger partial charge in [-0.05, 0) is 43.9 Å². The van der Waals surface area contributed by atoms with Crippen LogP contribution in [0.25, 0.3) is 0 Å². The topological polar surface area (TPSA) is 54.4 Å². The van der Waals surface area contributed by atoms with E-state index >= 15 is 0 Å². The van der Waals surface area contributed by atoms with Gasteiger partial charge in [-0.1, -0.05) is 24.3 Å². The summed E-state index contributed by atoms with van der Waals surface area (Å²) in [5, 5.41) is 3.04. The highest BCUT2D eigenvalue weighted by atomic mass is 16.1. The van der Waals surface area contributed by atoms with Gasteiger partial charge in [-0.2, -0.15) is 0 Å². The average Bonchev–Trinajstić information content (AvgIpc) is 3.44. The Bertz CT molecular complexity index is 697. The zero-order valence-corrected chi connectivity index (χ0v) is 14.0. The fourth-order valence-corrected chi connectivity index (χ4v) is 2.68. The quantitative estimate of drug-likeness (QED) is 0.916. The number of allylic oxidation sites excluding steroid dienone is 5. The molecule has 1 aromatic heterocycles. The Hall–Kier alpha value is -2.49. The highest BCUT2D eigenvalue weighted by Crippen LogP contribution is 2.37. The van der Waals surface area contributed by atoms with Gasteiger partial charge in [-0.3, -0.25) is 14.8 Å². The molecule has 0 radical (unpaired) electrons. The second-order valence-corrected chi connectivity index (χ2v) is 6.26. The Kier molecular flexibility index (Phi) is 5.36. The molecule has 1 aliphatic heterocycles. The van der Waals surface area contributed by atoms with Gasteiger partial charge in [0.2, 0.25) is 0 Å². The normalized spacial score (nSPS) is 26.2. The molecular weight excluding hydrogens is 298 g/mol. The van der Waals surface area contributed by atoms with Crippen LogP contribution in [0, 0.1) is 5.92 Å². The number of nitrogens with zero attached hydrogens (tertiary/aromatic N) is 2. The molecule has 3 rings (SSSR count). The first kappa shape index (κ1) is 16.4. The number of aliphatic imine (C=N–C) groups is 1. The second kappa shape index (κ2) is 7.86. The van der Waals surface area contributed by atoms with E-state index in [4.69, 9.17) is 0 Å². The third kappa shape index (κ3) is 4.51. The molecular formula is C20H23N3O. The summed E-state index contributed by atoms with van der Waals surface area (Å²) < 4.78 is 0. The van der Waals surface area contributed by atoms with Crippen molar-refractivity contribution < 1.29 is 4.79 Å². The van der Waals surface area contributed by atoms with E-state index in [1.807, 2.05) is 13.1 Å². The summed E-state index contributed by atoms with van der Waals surface area (Å²) in [6.45, 7) is 2.01. The summed E-state index contributed by atoms with van der Waals surface area (Å²) >= 11 is 0. The van der Waals surface area contributed by atoms with Crippen molar-refractivity contribution in [1.29, 1.82) is 0 Å². The minimum atomic E-state index is -0.104. The molecule has 24 heavy (non-hydrogen) atoms. The first-order valence-electron chi connectivity index (χ1n) is 8.53. The number of amides is 1. The Morgan fingerprint density at radius 2 is 2.25 bits per heavy atom. The third-order valence-electron chi connectivity index (χ3n) is 4.30. The van der Waals surface area contributed by atoms with E-state index in [2.05, 4.69) is 39.6 Å². The van der Waals surface area contributed by atoms with E-state index in [9.17, 15) is 4.79 Å². The SMILES string of the molecule is C[C@H](NC(=O)c1cccnc1)/C1=C/C=C\C/C=C(C2CC2)\N=C/C1. The van der Waals surface area contributed by atoms with Crippen LogP contribution in [0.3, 0.4) is 0 Å². The molecule has 0 spiro atoms. The van der Waals surface area contributed by atoms with Crippen LogP contribution in [0.15, 0.2) is 65.1 Å². The maximum Gasteiger partial charge on any atom is 0.253 e. The molecule has 0 bridgehead atoms. The highest BCUT2D eigenvalue weighted by Gasteiger charge is 2.25. The van der Waals surface area contributed by atoms with Crippen molar-refractivity contribution in [2.75, 3.05) is 0 Å². The number of rotatable bonds is 4. The fourth-order valence-electron chi connectivity index (χ4n) is 2.68. The molecule has 4 nitrogen and oxygen atoms in total. The minimum Gasteiger partial charge on any atom is -0.346 e. The lowest BCUT2D eigenvalue weighted by Crippen LogP contribution is -2.34. The van der Waals surface area contributed by atoms with Crippen LogP contribution in [0.1, 0.15) is 43.0 Å². The molecule has 1 saturated carbocycles. The van der Waals surface area contributed by atoms with Crippen molar-refractivity contribution in [2.24, 2.45) is 10.9 Å². The van der Waals surface area contributed by atoms with Crippen molar-refractivity contribution in [2.45, 2.75) is 38.6 Å². The van der Waals surface area contributed by atoms with Gasteiger partial charge in [0.25, 0.3) is 5.91 Å². The largest absolute Gasteiger partial charge is 0.346 e. The van der Waals surface area contributed by atoms with E-state index in [0.717, 1.165) is 18.4 Å². The summed E-state index contributed by atoms with van der Waals surface area (Å²) in [5.74, 6) is 0.553. The summed E-state index contributed by atoms with van der Waals surface area (Å²) in [6.07, 6.45) is 17.9. The van der Waals surface area contributed by atoms with Gasteiger partial charge in [0.05, 0.1) is 5.56 Å². The predicted octanol–water partition coefficient (Wildman–Crippen LogP) is 3.84. The summed E-state index contributed by atoms with van der Waals surface area (Å²) in [6, 6.07) is 3.48. The van der Waals surface area contributed by atoms with Crippen molar-refractivity contribution in [3.8, 4) is 0 Å². The molecule has 1 fully saturated rings. The summed E-state index contributed by atoms with van der Waals surface area (Å²) in [5.41, 5.74) is 2.94. The molecule has 2 aliphatic rings. The molecule has 1 aromatic rings. The molecule has 0 aromatic carbocycles. The average molecular weight is 321 g/mol. The lowest BCUT2D eigenvalue weighted by atomic mass is 10.0. The zero-order chi connectivity index (χ0) is 16.8. The molecule has 1 atom stereocenters. The van der Waals surface area contributed by atoms with Crippen LogP contribution in [0.5, 0.6) is 0 Å². The van der Waals surface area contributed by atoms with Gasteiger partial charge in [-0.15, -0.1) is 0 Å². The summed E-state index contributed by atoms with van der Waals surface area (Å²) in [7, 11) is 0. The maximum absolute atomic E-state index is 12.3. The number of hydrogen-bond donors (Lipinski definition) is 1. The molecule has 1 amide bonds. The highest BCUT2D eigenvalue weighted by molar-refractivity contribution is 5.94. The molecule has 0 unspecified atom stereocenters. The van der Waals surface area contributed by atoms with Gasteiger partial charge < -0.3 is 5.32 Å². The van der Waals surface area contributed by atoms with Gasteiger partial charge in [0, 0.05) is 42.7 Å². The molecule has 124 valence electrons. The van der Waals surface area contributed by atoms with Crippen LogP contribution in [-0.4, -0.2) is 23.1 Å². The first-order valence-corrected chi connectivity index (χ1v) is 8.53. The van der Waals surface area contributed by atoms with Crippen molar-refractivity contribution >= 4 is 12.1 Å². The van der Waals surface area contributed by atoms with Crippen LogP contribution < -0.4 is 5.32 Å². The Morgan fingerprint density at radius 1 is 1.38 bits per heavy atom. The zero-order valence-electron chi connectivity index (χ0n) is 14.0. The molecule has 1 N–H and O–H groups in total. The molecule has 2 heterocycles. The predicted molar refractivity (Wildman–Crippen MR) is 96.9 cm³/mol. The van der Waals surface area contributed by atoms with Gasteiger partial charge in [0.1, 0.15) is 0 Å².